The first-order valence-electron chi connectivity index (χ1n) is 12.3. The number of rotatable bonds is 13. The van der Waals surface area contributed by atoms with Gasteiger partial charge in [0.1, 0.15) is 12.4 Å². The highest BCUT2D eigenvalue weighted by atomic mass is 16.9. The van der Waals surface area contributed by atoms with Gasteiger partial charge in [0.15, 0.2) is 5.60 Å². The van der Waals surface area contributed by atoms with Crippen LogP contribution < -0.4 is 18.9 Å². The van der Waals surface area contributed by atoms with E-state index in [-0.39, 0.29) is 30.1 Å². The minimum atomic E-state index is -1.53. The van der Waals surface area contributed by atoms with Crippen LogP contribution in [0.5, 0.6) is 23.5 Å². The van der Waals surface area contributed by atoms with Gasteiger partial charge in [0.05, 0.1) is 20.3 Å². The maximum absolute atomic E-state index is 14.0. The molecule has 0 saturated carbocycles. The van der Waals surface area contributed by atoms with Crippen LogP contribution in [0.15, 0.2) is 91.0 Å². The maximum Gasteiger partial charge on any atom is 0.356 e. The van der Waals surface area contributed by atoms with Gasteiger partial charge < -0.3 is 28.5 Å². The van der Waals surface area contributed by atoms with Gasteiger partial charge in [-0.05, 0) is 28.8 Å². The molecule has 4 aromatic rings. The number of hydrogen-bond acceptors (Lipinski definition) is 11. The van der Waals surface area contributed by atoms with E-state index in [0.29, 0.717) is 16.7 Å². The van der Waals surface area contributed by atoms with Crippen LogP contribution in [0.4, 0.5) is 0 Å². The van der Waals surface area contributed by atoms with Crippen molar-refractivity contribution >= 4 is 5.97 Å². The summed E-state index contributed by atoms with van der Waals surface area (Å²) < 4.78 is 28.6. The Balaban J connectivity index is 1.80. The van der Waals surface area contributed by atoms with Gasteiger partial charge in [-0.2, -0.15) is 9.97 Å². The summed E-state index contributed by atoms with van der Waals surface area (Å²) in [5, 5.41) is 9.62. The first-order valence-corrected chi connectivity index (χ1v) is 12.3. The number of esters is 1. The van der Waals surface area contributed by atoms with E-state index in [0.717, 1.165) is 0 Å². The van der Waals surface area contributed by atoms with Crippen LogP contribution in [-0.2, 0) is 26.6 Å². The zero-order valence-corrected chi connectivity index (χ0v) is 22.5. The fourth-order valence-electron chi connectivity index (χ4n) is 4.18. The summed E-state index contributed by atoms with van der Waals surface area (Å²) in [5.41, 5.74) is 0.167. The second-order valence-corrected chi connectivity index (χ2v) is 8.47. The second-order valence-electron chi connectivity index (χ2n) is 8.47. The molecular formula is C29H27N3O9. The second kappa shape index (κ2) is 13.2. The summed E-state index contributed by atoms with van der Waals surface area (Å²) in [5.74, 6) is -0.383. The summed E-state index contributed by atoms with van der Waals surface area (Å²) in [6.07, 6.45) is -1.49. The quantitative estimate of drug-likeness (QED) is 0.101. The van der Waals surface area contributed by atoms with Crippen molar-refractivity contribution in [3.63, 3.8) is 0 Å². The highest BCUT2D eigenvalue weighted by molar-refractivity contribution is 5.80. The monoisotopic (exact) mass is 561 g/mol. The smallest absolute Gasteiger partial charge is 0.356 e. The molecule has 1 unspecified atom stereocenters. The minimum absolute atomic E-state index is 0.147. The Labute approximate surface area is 235 Å². The average molecular weight is 562 g/mol. The Hall–Kier alpha value is -5.23. The van der Waals surface area contributed by atoms with Crippen LogP contribution in [0, 0.1) is 10.1 Å². The van der Waals surface area contributed by atoms with E-state index in [4.69, 9.17) is 23.7 Å². The topological polar surface area (TPSA) is 141 Å². The van der Waals surface area contributed by atoms with E-state index in [1.807, 2.05) is 36.4 Å². The first kappa shape index (κ1) is 28.8. The fourth-order valence-corrected chi connectivity index (χ4v) is 4.18. The van der Waals surface area contributed by atoms with Gasteiger partial charge >= 0.3 is 12.0 Å². The highest BCUT2D eigenvalue weighted by Gasteiger charge is 2.50. The van der Waals surface area contributed by atoms with Crippen molar-refractivity contribution < 1.29 is 38.4 Å². The molecule has 0 radical (unpaired) electrons. The van der Waals surface area contributed by atoms with Crippen molar-refractivity contribution in [2.24, 2.45) is 0 Å². The normalized spacial score (nSPS) is 11.7. The standard InChI is InChI=1S/C29H27N3O9/c1-36-24-18-25(37-2)31-28(30-24)41-26(27(33)40-23-16-14-20(15-17-23)19-39-32(34)35)29(38-3,21-10-6-4-7-11-21)22-12-8-5-9-13-22/h4-18,26H,19H2,1-3H3. The van der Waals surface area contributed by atoms with Crippen LogP contribution in [0.3, 0.4) is 0 Å². The lowest BCUT2D eigenvalue weighted by molar-refractivity contribution is -0.763. The van der Waals surface area contributed by atoms with Gasteiger partial charge in [0.2, 0.25) is 17.9 Å². The third kappa shape index (κ3) is 6.68. The number of benzene rings is 3. The molecule has 0 aliphatic rings. The molecule has 0 fully saturated rings. The van der Waals surface area contributed by atoms with Gasteiger partial charge in [0.25, 0.3) is 5.09 Å². The lowest BCUT2D eigenvalue weighted by Gasteiger charge is -2.38. The number of carbonyl (C=O) groups is 1. The molecular weight excluding hydrogens is 534 g/mol. The van der Waals surface area contributed by atoms with Crippen LogP contribution >= 0.6 is 0 Å². The third-order valence-corrected chi connectivity index (χ3v) is 6.09. The molecule has 12 heteroatoms. The molecule has 1 atom stereocenters. The number of ether oxygens (including phenoxy) is 5. The van der Waals surface area contributed by atoms with Crippen molar-refractivity contribution in [3.8, 4) is 23.5 Å². The SMILES string of the molecule is COc1cc(OC)nc(OC(C(=O)Oc2ccc(CO[N+](=O)[O-])cc2)C(OC)(c2ccccc2)c2ccccc2)n1. The predicted molar refractivity (Wildman–Crippen MR) is 144 cm³/mol. The molecule has 0 aliphatic heterocycles. The molecule has 0 saturated heterocycles. The van der Waals surface area contributed by atoms with E-state index in [1.165, 1.54) is 51.7 Å². The molecule has 1 aromatic heterocycles. The Bertz CT molecular complexity index is 1390. The van der Waals surface area contributed by atoms with Crippen molar-refractivity contribution in [1.82, 2.24) is 9.97 Å². The maximum atomic E-state index is 14.0. The van der Waals surface area contributed by atoms with E-state index in [2.05, 4.69) is 14.8 Å². The third-order valence-electron chi connectivity index (χ3n) is 6.09. The lowest BCUT2D eigenvalue weighted by atomic mass is 9.81. The van der Waals surface area contributed by atoms with Crippen LogP contribution in [0.1, 0.15) is 16.7 Å². The molecule has 4 rings (SSSR count). The van der Waals surface area contributed by atoms with Crippen molar-refractivity contribution in [2.75, 3.05) is 21.3 Å². The summed E-state index contributed by atoms with van der Waals surface area (Å²) in [7, 11) is 4.30. The van der Waals surface area contributed by atoms with Crippen LogP contribution in [-0.4, -0.2) is 48.5 Å². The van der Waals surface area contributed by atoms with Crippen molar-refractivity contribution in [1.29, 1.82) is 0 Å². The molecule has 0 amide bonds. The number of carbonyl (C=O) groups excluding carboxylic acids is 1. The van der Waals surface area contributed by atoms with E-state index in [9.17, 15) is 14.9 Å². The number of hydrogen-bond donors (Lipinski definition) is 0. The Morgan fingerprint density at radius 3 is 1.85 bits per heavy atom. The number of aromatic nitrogens is 2. The Morgan fingerprint density at radius 1 is 0.854 bits per heavy atom. The zero-order valence-electron chi connectivity index (χ0n) is 22.5. The average Bonchev–Trinajstić information content (AvgIpc) is 3.01. The Kier molecular flexibility index (Phi) is 9.28. The predicted octanol–water partition coefficient (Wildman–Crippen LogP) is 4.15. The Morgan fingerprint density at radius 2 is 1.39 bits per heavy atom. The molecule has 3 aromatic carbocycles. The van der Waals surface area contributed by atoms with Gasteiger partial charge in [-0.1, -0.05) is 72.8 Å². The van der Waals surface area contributed by atoms with Crippen LogP contribution in [0.25, 0.3) is 0 Å². The highest BCUT2D eigenvalue weighted by Crippen LogP contribution is 2.39. The molecule has 0 spiro atoms. The molecule has 12 nitrogen and oxygen atoms in total. The van der Waals surface area contributed by atoms with Gasteiger partial charge in [0, 0.05) is 7.11 Å². The molecule has 0 N–H and O–H groups in total. The fraction of sp³-hybridized carbons (Fsp3) is 0.207. The van der Waals surface area contributed by atoms with Gasteiger partial charge in [-0.25, -0.2) is 4.79 Å². The molecule has 41 heavy (non-hydrogen) atoms. The molecule has 212 valence electrons. The summed E-state index contributed by atoms with van der Waals surface area (Å²) in [6, 6.07) is 25.4. The number of methoxy groups -OCH3 is 3. The molecule has 0 bridgehead atoms. The molecule has 1 heterocycles. The van der Waals surface area contributed by atoms with E-state index >= 15 is 0 Å². The lowest BCUT2D eigenvalue weighted by Crippen LogP contribution is -2.52. The van der Waals surface area contributed by atoms with E-state index in [1.54, 1.807) is 24.3 Å². The van der Waals surface area contributed by atoms with Gasteiger partial charge in [-0.3, -0.25) is 0 Å². The molecule has 0 aliphatic carbocycles. The minimum Gasteiger partial charge on any atom is -0.481 e. The summed E-state index contributed by atoms with van der Waals surface area (Å²) >= 11 is 0. The zero-order chi connectivity index (χ0) is 29.2. The van der Waals surface area contributed by atoms with Gasteiger partial charge in [-0.15, -0.1) is 10.1 Å². The van der Waals surface area contributed by atoms with Crippen molar-refractivity contribution in [2.45, 2.75) is 18.3 Å². The largest absolute Gasteiger partial charge is 0.481 e. The van der Waals surface area contributed by atoms with Crippen LogP contribution in [0.2, 0.25) is 0 Å². The number of nitrogens with zero attached hydrogens (tertiary/aromatic N) is 3. The summed E-state index contributed by atoms with van der Waals surface area (Å²) in [6.45, 7) is -0.253. The van der Waals surface area contributed by atoms with E-state index < -0.39 is 22.8 Å². The van der Waals surface area contributed by atoms with Crippen molar-refractivity contribution in [3.05, 3.63) is 118 Å². The summed E-state index contributed by atoms with van der Waals surface area (Å²) in [4.78, 5) is 37.4. The first-order chi connectivity index (χ1) is 19.9.